The van der Waals surface area contributed by atoms with Crippen molar-refractivity contribution in [3.05, 3.63) is 35.5 Å². The zero-order valence-corrected chi connectivity index (χ0v) is 19.3. The summed E-state index contributed by atoms with van der Waals surface area (Å²) in [6.45, 7) is 5.54. The average molecular weight is 451 g/mol. The Kier molecular flexibility index (Phi) is 7.32. The van der Waals surface area contributed by atoms with Gasteiger partial charge in [-0.15, -0.1) is 0 Å². The third-order valence-corrected chi connectivity index (χ3v) is 6.90. The number of nitrogens with zero attached hydrogens (tertiary/aromatic N) is 4. The van der Waals surface area contributed by atoms with E-state index in [9.17, 15) is 13.2 Å². The topological polar surface area (TPSA) is 106 Å². The van der Waals surface area contributed by atoms with Crippen LogP contribution in [0.4, 0.5) is 5.69 Å². The number of anilines is 1. The van der Waals surface area contributed by atoms with E-state index in [-0.39, 0.29) is 23.0 Å². The van der Waals surface area contributed by atoms with Crippen LogP contribution in [0.5, 0.6) is 0 Å². The number of hydrogen-bond acceptors (Lipinski definition) is 8. The molecule has 9 nitrogen and oxygen atoms in total. The summed E-state index contributed by atoms with van der Waals surface area (Å²) in [6, 6.07) is 4.61. The quantitative estimate of drug-likeness (QED) is 0.565. The lowest BCUT2D eigenvalue weighted by atomic mass is 10.1. The van der Waals surface area contributed by atoms with E-state index in [1.54, 1.807) is 6.07 Å². The molecule has 0 radical (unpaired) electrons. The second-order valence-corrected chi connectivity index (χ2v) is 10.4. The van der Waals surface area contributed by atoms with Gasteiger partial charge in [0.15, 0.2) is 12.4 Å². The number of rotatable bonds is 8. The Morgan fingerprint density at radius 3 is 2.58 bits per heavy atom. The van der Waals surface area contributed by atoms with Crippen LogP contribution in [0.2, 0.25) is 0 Å². The number of aromatic nitrogens is 2. The second-order valence-electron chi connectivity index (χ2n) is 8.29. The number of esters is 1. The number of ether oxygens (including phenoxy) is 1. The molecule has 1 aliphatic rings. The van der Waals surface area contributed by atoms with Gasteiger partial charge in [0.2, 0.25) is 10.0 Å². The summed E-state index contributed by atoms with van der Waals surface area (Å²) in [4.78, 5) is 19.3. The van der Waals surface area contributed by atoms with E-state index < -0.39 is 16.0 Å². The summed E-state index contributed by atoms with van der Waals surface area (Å²) in [5, 5.41) is 3.89. The number of sulfonamides is 1. The summed E-state index contributed by atoms with van der Waals surface area (Å²) in [5.41, 5.74) is 0.889. The molecule has 0 unspecified atom stereocenters. The van der Waals surface area contributed by atoms with Crippen molar-refractivity contribution in [3.63, 3.8) is 0 Å². The van der Waals surface area contributed by atoms with Crippen molar-refractivity contribution >= 4 is 21.7 Å². The van der Waals surface area contributed by atoms with Crippen molar-refractivity contribution in [2.24, 2.45) is 5.92 Å². The Bertz CT molecular complexity index is 1010. The number of carbonyl (C=O) groups is 1. The van der Waals surface area contributed by atoms with Gasteiger partial charge in [0.05, 0.1) is 16.1 Å². The molecule has 1 aromatic carbocycles. The van der Waals surface area contributed by atoms with E-state index in [2.05, 4.69) is 15.0 Å². The Labute approximate surface area is 183 Å². The van der Waals surface area contributed by atoms with Gasteiger partial charge in [-0.1, -0.05) is 19.0 Å². The molecule has 1 aromatic heterocycles. The third-order valence-electron chi connectivity index (χ3n) is 5.09. The Morgan fingerprint density at radius 2 is 1.94 bits per heavy atom. The average Bonchev–Trinajstić information content (AvgIpc) is 3.18. The molecule has 0 bridgehead atoms. The molecule has 1 fully saturated rings. The minimum absolute atomic E-state index is 0.0437. The van der Waals surface area contributed by atoms with Gasteiger partial charge >= 0.3 is 5.97 Å². The highest BCUT2D eigenvalue weighted by Crippen LogP contribution is 2.28. The maximum absolute atomic E-state index is 13.0. The monoisotopic (exact) mass is 450 g/mol. The van der Waals surface area contributed by atoms with E-state index in [0.29, 0.717) is 23.9 Å². The molecule has 2 aromatic rings. The normalized spacial score (nSPS) is 15.0. The zero-order chi connectivity index (χ0) is 22.6. The van der Waals surface area contributed by atoms with Gasteiger partial charge in [-0.05, 0) is 43.4 Å². The minimum atomic E-state index is -3.69. The fourth-order valence-corrected chi connectivity index (χ4v) is 4.39. The first-order chi connectivity index (χ1) is 14.7. The van der Waals surface area contributed by atoms with Crippen LogP contribution in [0.3, 0.4) is 0 Å². The Hall–Kier alpha value is -2.46. The molecule has 0 N–H and O–H groups in total. The first-order valence-electron chi connectivity index (χ1n) is 10.5. The van der Waals surface area contributed by atoms with Gasteiger partial charge in [0, 0.05) is 33.6 Å². The first kappa shape index (κ1) is 23.2. The molecule has 3 rings (SSSR count). The van der Waals surface area contributed by atoms with Gasteiger partial charge in [-0.2, -0.15) is 4.98 Å². The Balaban J connectivity index is 1.85. The third kappa shape index (κ3) is 5.62. The summed E-state index contributed by atoms with van der Waals surface area (Å²) < 4.78 is 36.9. The van der Waals surface area contributed by atoms with Crippen LogP contribution in [0.1, 0.15) is 55.2 Å². The zero-order valence-electron chi connectivity index (χ0n) is 18.5. The van der Waals surface area contributed by atoms with E-state index in [1.165, 1.54) is 26.2 Å². The molecule has 0 saturated carbocycles. The maximum atomic E-state index is 13.0. The standard InChI is InChI=1S/C21H30N4O5S/c1-15(2)12-19-22-20(30-23-19)14-29-21(26)17-13-16(31(27,28)24(3)4)8-9-18(17)25-10-6-5-7-11-25/h8-9,13,15H,5-7,10-12,14H2,1-4H3. The van der Waals surface area contributed by atoms with Crippen LogP contribution in [0, 0.1) is 5.92 Å². The molecule has 10 heteroatoms. The van der Waals surface area contributed by atoms with Crippen LogP contribution < -0.4 is 4.90 Å². The molecule has 1 saturated heterocycles. The predicted molar refractivity (Wildman–Crippen MR) is 115 cm³/mol. The summed E-state index contributed by atoms with van der Waals surface area (Å²) in [7, 11) is -0.780. The van der Waals surface area contributed by atoms with E-state index in [1.807, 2.05) is 13.8 Å². The number of hydrogen-bond donors (Lipinski definition) is 0. The van der Waals surface area contributed by atoms with E-state index in [0.717, 1.165) is 36.7 Å². The lowest BCUT2D eigenvalue weighted by Gasteiger charge is -2.30. The van der Waals surface area contributed by atoms with Gasteiger partial charge < -0.3 is 14.2 Å². The number of piperidine rings is 1. The maximum Gasteiger partial charge on any atom is 0.340 e. The fourth-order valence-electron chi connectivity index (χ4n) is 3.46. The number of benzene rings is 1. The largest absolute Gasteiger partial charge is 0.452 e. The Morgan fingerprint density at radius 1 is 1.23 bits per heavy atom. The number of carbonyl (C=O) groups excluding carboxylic acids is 1. The SMILES string of the molecule is CC(C)Cc1noc(COC(=O)c2cc(S(=O)(=O)N(C)C)ccc2N2CCCCC2)n1. The summed E-state index contributed by atoms with van der Waals surface area (Å²) in [5.74, 6) is 0.524. The predicted octanol–water partition coefficient (Wildman–Crippen LogP) is 2.87. The molecular formula is C21H30N4O5S. The molecular weight excluding hydrogens is 420 g/mol. The molecule has 0 aliphatic carbocycles. The molecule has 2 heterocycles. The van der Waals surface area contributed by atoms with Gasteiger partial charge in [-0.25, -0.2) is 17.5 Å². The van der Waals surface area contributed by atoms with Gasteiger partial charge in [0.25, 0.3) is 5.89 Å². The first-order valence-corrected chi connectivity index (χ1v) is 11.9. The van der Waals surface area contributed by atoms with E-state index >= 15 is 0 Å². The molecule has 31 heavy (non-hydrogen) atoms. The van der Waals surface area contributed by atoms with Crippen molar-refractivity contribution in [1.29, 1.82) is 0 Å². The smallest absolute Gasteiger partial charge is 0.340 e. The highest BCUT2D eigenvalue weighted by molar-refractivity contribution is 7.89. The van der Waals surface area contributed by atoms with Gasteiger partial charge in [-0.3, -0.25) is 0 Å². The molecule has 0 atom stereocenters. The van der Waals surface area contributed by atoms with Crippen molar-refractivity contribution in [2.75, 3.05) is 32.1 Å². The highest BCUT2D eigenvalue weighted by atomic mass is 32.2. The second kappa shape index (κ2) is 9.78. The van der Waals surface area contributed by atoms with Crippen molar-refractivity contribution in [1.82, 2.24) is 14.4 Å². The van der Waals surface area contributed by atoms with Crippen LogP contribution in [0.15, 0.2) is 27.6 Å². The van der Waals surface area contributed by atoms with Crippen LogP contribution in [-0.4, -0.2) is 56.0 Å². The van der Waals surface area contributed by atoms with E-state index in [4.69, 9.17) is 9.26 Å². The van der Waals surface area contributed by atoms with Crippen molar-refractivity contribution in [3.8, 4) is 0 Å². The van der Waals surface area contributed by atoms with Crippen LogP contribution in [-0.2, 0) is 27.8 Å². The lowest BCUT2D eigenvalue weighted by Crippen LogP contribution is -2.31. The highest BCUT2D eigenvalue weighted by Gasteiger charge is 2.25. The van der Waals surface area contributed by atoms with Crippen LogP contribution >= 0.6 is 0 Å². The molecule has 0 amide bonds. The van der Waals surface area contributed by atoms with Gasteiger partial charge in [0.1, 0.15) is 0 Å². The fraction of sp³-hybridized carbons (Fsp3) is 0.571. The minimum Gasteiger partial charge on any atom is -0.452 e. The molecule has 0 spiro atoms. The molecule has 170 valence electrons. The summed E-state index contributed by atoms with van der Waals surface area (Å²) in [6.07, 6.45) is 3.85. The van der Waals surface area contributed by atoms with Crippen molar-refractivity contribution in [2.45, 2.75) is 51.0 Å². The lowest BCUT2D eigenvalue weighted by molar-refractivity contribution is 0.0430. The molecule has 1 aliphatic heterocycles. The van der Waals surface area contributed by atoms with Crippen LogP contribution in [0.25, 0.3) is 0 Å². The summed E-state index contributed by atoms with van der Waals surface area (Å²) >= 11 is 0. The van der Waals surface area contributed by atoms with Crippen molar-refractivity contribution < 1.29 is 22.5 Å².